The van der Waals surface area contributed by atoms with Gasteiger partial charge in [0.15, 0.2) is 0 Å². The van der Waals surface area contributed by atoms with Gasteiger partial charge in [0.1, 0.15) is 5.82 Å². The molecule has 0 aliphatic carbocycles. The Balaban J connectivity index is 1.96. The Morgan fingerprint density at radius 2 is 1.43 bits per heavy atom. The zero-order valence-corrected chi connectivity index (χ0v) is 12.2. The van der Waals surface area contributed by atoms with Gasteiger partial charge in [0, 0.05) is 13.1 Å². The van der Waals surface area contributed by atoms with Gasteiger partial charge in [0.25, 0.3) is 0 Å². The van der Waals surface area contributed by atoms with Crippen LogP contribution in [0.5, 0.6) is 0 Å². The van der Waals surface area contributed by atoms with Crippen molar-refractivity contribution in [1.29, 1.82) is 0 Å². The van der Waals surface area contributed by atoms with Crippen LogP contribution >= 0.6 is 0 Å². The molecule has 6 heteroatoms. The van der Waals surface area contributed by atoms with Gasteiger partial charge in [-0.2, -0.15) is 0 Å². The molecule has 0 aliphatic rings. The molecule has 4 nitrogen and oxygen atoms in total. The highest BCUT2D eigenvalue weighted by atomic mass is 32.2. The number of benzene rings is 2. The third-order valence-electron chi connectivity index (χ3n) is 3.02. The number of nitrogens with two attached hydrogens (primary N) is 1. The first-order valence-corrected chi connectivity index (χ1v) is 8.13. The quantitative estimate of drug-likeness (QED) is 0.856. The van der Waals surface area contributed by atoms with Crippen molar-refractivity contribution in [2.45, 2.75) is 18.8 Å². The second-order valence-corrected chi connectivity index (χ2v) is 6.53. The van der Waals surface area contributed by atoms with E-state index in [0.717, 1.165) is 5.56 Å². The number of hydrogen-bond donors (Lipinski definition) is 2. The molecule has 2 rings (SSSR count). The predicted octanol–water partition coefficient (Wildman–Crippen LogP) is 1.90. The van der Waals surface area contributed by atoms with E-state index < -0.39 is 10.0 Å². The maximum atomic E-state index is 12.8. The molecule has 112 valence electrons. The van der Waals surface area contributed by atoms with Gasteiger partial charge < -0.3 is 5.73 Å². The van der Waals surface area contributed by atoms with Crippen LogP contribution in [0.15, 0.2) is 48.5 Å². The zero-order chi connectivity index (χ0) is 15.3. The number of hydrogen-bond acceptors (Lipinski definition) is 3. The summed E-state index contributed by atoms with van der Waals surface area (Å²) in [6.07, 6.45) is 0. The minimum atomic E-state index is -3.44. The standard InChI is InChI=1S/C15H17FN2O2S/c16-15-7-5-13(6-8-15)10-18-21(19,20)11-14-3-1-12(9-17)2-4-14/h1-8,18H,9-11,17H2. The van der Waals surface area contributed by atoms with E-state index in [9.17, 15) is 12.8 Å². The van der Waals surface area contributed by atoms with Gasteiger partial charge in [-0.3, -0.25) is 0 Å². The fourth-order valence-electron chi connectivity index (χ4n) is 1.84. The molecule has 3 N–H and O–H groups in total. The van der Waals surface area contributed by atoms with E-state index in [-0.39, 0.29) is 18.1 Å². The number of sulfonamides is 1. The monoisotopic (exact) mass is 308 g/mol. The van der Waals surface area contributed by atoms with Crippen LogP contribution in [0.25, 0.3) is 0 Å². The van der Waals surface area contributed by atoms with Crippen molar-refractivity contribution in [1.82, 2.24) is 4.72 Å². The molecule has 2 aromatic rings. The van der Waals surface area contributed by atoms with Crippen LogP contribution in [-0.2, 0) is 28.9 Å². The fraction of sp³-hybridized carbons (Fsp3) is 0.200. The second-order valence-electron chi connectivity index (χ2n) is 4.73. The third-order valence-corrected chi connectivity index (χ3v) is 4.32. The summed E-state index contributed by atoms with van der Waals surface area (Å²) in [6.45, 7) is 0.569. The van der Waals surface area contributed by atoms with E-state index in [0.29, 0.717) is 17.7 Å². The maximum Gasteiger partial charge on any atom is 0.216 e. The van der Waals surface area contributed by atoms with Crippen LogP contribution < -0.4 is 10.5 Å². The molecule has 0 aliphatic heterocycles. The van der Waals surface area contributed by atoms with Crippen LogP contribution in [-0.4, -0.2) is 8.42 Å². The van der Waals surface area contributed by atoms with Gasteiger partial charge in [-0.15, -0.1) is 0 Å². The van der Waals surface area contributed by atoms with E-state index in [2.05, 4.69) is 4.72 Å². The van der Waals surface area contributed by atoms with Gasteiger partial charge in [-0.1, -0.05) is 36.4 Å². The molecule has 21 heavy (non-hydrogen) atoms. The molecule has 0 saturated carbocycles. The molecule has 0 heterocycles. The lowest BCUT2D eigenvalue weighted by Crippen LogP contribution is -2.24. The molecular formula is C15H17FN2O2S. The van der Waals surface area contributed by atoms with Gasteiger partial charge >= 0.3 is 0 Å². The Labute approximate surface area is 123 Å². The van der Waals surface area contributed by atoms with E-state index in [4.69, 9.17) is 5.73 Å². The second kappa shape index (κ2) is 6.80. The van der Waals surface area contributed by atoms with Crippen LogP contribution in [0.4, 0.5) is 4.39 Å². The van der Waals surface area contributed by atoms with Crippen molar-refractivity contribution in [2.75, 3.05) is 0 Å². The van der Waals surface area contributed by atoms with E-state index in [1.165, 1.54) is 12.1 Å². The maximum absolute atomic E-state index is 12.8. The van der Waals surface area contributed by atoms with Crippen LogP contribution in [0, 0.1) is 5.82 Å². The van der Waals surface area contributed by atoms with Crippen LogP contribution in [0.2, 0.25) is 0 Å². The third kappa shape index (κ3) is 4.93. The first-order valence-electron chi connectivity index (χ1n) is 6.48. The van der Waals surface area contributed by atoms with Gasteiger partial charge in [-0.05, 0) is 28.8 Å². The highest BCUT2D eigenvalue weighted by molar-refractivity contribution is 7.88. The fourth-order valence-corrected chi connectivity index (χ4v) is 2.96. The molecular weight excluding hydrogens is 291 g/mol. The SMILES string of the molecule is NCc1ccc(CS(=O)(=O)NCc2ccc(F)cc2)cc1. The normalized spacial score (nSPS) is 11.5. The number of nitrogens with one attached hydrogen (secondary N) is 1. The largest absolute Gasteiger partial charge is 0.326 e. The van der Waals surface area contributed by atoms with E-state index in [1.54, 1.807) is 24.3 Å². The molecule has 0 amide bonds. The Hall–Kier alpha value is -1.76. The Morgan fingerprint density at radius 1 is 0.905 bits per heavy atom. The molecule has 2 aromatic carbocycles. The summed E-state index contributed by atoms with van der Waals surface area (Å²) in [5.41, 5.74) is 7.85. The highest BCUT2D eigenvalue weighted by Crippen LogP contribution is 2.09. The average Bonchev–Trinajstić information content (AvgIpc) is 2.47. The van der Waals surface area contributed by atoms with Crippen LogP contribution in [0.3, 0.4) is 0 Å². The molecule has 0 fully saturated rings. The van der Waals surface area contributed by atoms with Crippen LogP contribution in [0.1, 0.15) is 16.7 Å². The van der Waals surface area contributed by atoms with Gasteiger partial charge in [-0.25, -0.2) is 17.5 Å². The van der Waals surface area contributed by atoms with Crippen molar-refractivity contribution in [3.8, 4) is 0 Å². The number of halogens is 1. The topological polar surface area (TPSA) is 72.2 Å². The lowest BCUT2D eigenvalue weighted by molar-refractivity contribution is 0.580. The smallest absolute Gasteiger partial charge is 0.216 e. The molecule has 0 radical (unpaired) electrons. The van der Waals surface area contributed by atoms with Crippen molar-refractivity contribution in [3.63, 3.8) is 0 Å². The summed E-state index contributed by atoms with van der Waals surface area (Å²) in [6, 6.07) is 12.8. The molecule has 0 spiro atoms. The highest BCUT2D eigenvalue weighted by Gasteiger charge is 2.11. The minimum absolute atomic E-state index is 0.0982. The average molecular weight is 308 g/mol. The molecule has 0 aromatic heterocycles. The summed E-state index contributed by atoms with van der Waals surface area (Å²) in [7, 11) is -3.44. The van der Waals surface area contributed by atoms with Gasteiger partial charge in [0.05, 0.1) is 5.75 Å². The lowest BCUT2D eigenvalue weighted by atomic mass is 10.1. The van der Waals surface area contributed by atoms with Crippen molar-refractivity contribution in [3.05, 3.63) is 71.0 Å². The first kappa shape index (κ1) is 15.6. The van der Waals surface area contributed by atoms with Crippen molar-refractivity contribution in [2.24, 2.45) is 5.73 Å². The van der Waals surface area contributed by atoms with Crippen molar-refractivity contribution < 1.29 is 12.8 Å². The molecule has 0 saturated heterocycles. The van der Waals surface area contributed by atoms with Crippen molar-refractivity contribution >= 4 is 10.0 Å². The molecule has 0 unspecified atom stereocenters. The van der Waals surface area contributed by atoms with E-state index in [1.807, 2.05) is 12.1 Å². The van der Waals surface area contributed by atoms with E-state index >= 15 is 0 Å². The zero-order valence-electron chi connectivity index (χ0n) is 11.4. The molecule has 0 atom stereocenters. The Bertz CT molecular complexity index is 683. The molecule has 0 bridgehead atoms. The summed E-state index contributed by atoms with van der Waals surface area (Å²) in [5, 5.41) is 0. The Kier molecular flexibility index (Phi) is 5.06. The first-order chi connectivity index (χ1) is 9.98. The Morgan fingerprint density at radius 3 is 2.00 bits per heavy atom. The summed E-state index contributed by atoms with van der Waals surface area (Å²) >= 11 is 0. The minimum Gasteiger partial charge on any atom is -0.326 e. The predicted molar refractivity (Wildman–Crippen MR) is 80.2 cm³/mol. The number of rotatable bonds is 6. The summed E-state index contributed by atoms with van der Waals surface area (Å²) < 4.78 is 39.2. The summed E-state index contributed by atoms with van der Waals surface area (Å²) in [4.78, 5) is 0. The summed E-state index contributed by atoms with van der Waals surface area (Å²) in [5.74, 6) is -0.444. The lowest BCUT2D eigenvalue weighted by Gasteiger charge is -2.07. The van der Waals surface area contributed by atoms with Gasteiger partial charge in [0.2, 0.25) is 10.0 Å².